The summed E-state index contributed by atoms with van der Waals surface area (Å²) in [7, 11) is 2.12. The van der Waals surface area contributed by atoms with E-state index in [4.69, 9.17) is 29.2 Å². The van der Waals surface area contributed by atoms with Gasteiger partial charge in [0.1, 0.15) is 20.1 Å². The molecule has 2 N–H and O–H groups in total. The van der Waals surface area contributed by atoms with Crippen molar-refractivity contribution in [2.24, 2.45) is 0 Å². The van der Waals surface area contributed by atoms with Gasteiger partial charge in [-0.15, -0.1) is 0 Å². The molecule has 0 bridgehead atoms. The van der Waals surface area contributed by atoms with Gasteiger partial charge in [0.2, 0.25) is 0 Å². The third-order valence-electron chi connectivity index (χ3n) is 6.96. The average Bonchev–Trinajstić information content (AvgIpc) is 3.56. The molecular formula is C32H18F12N2O4S4. The van der Waals surface area contributed by atoms with Gasteiger partial charge in [0, 0.05) is 5.57 Å². The van der Waals surface area contributed by atoms with E-state index in [1.807, 2.05) is 0 Å². The predicted molar refractivity (Wildman–Crippen MR) is 183 cm³/mol. The van der Waals surface area contributed by atoms with Crippen molar-refractivity contribution in [3.63, 3.8) is 0 Å². The van der Waals surface area contributed by atoms with Crippen molar-refractivity contribution in [3.05, 3.63) is 103 Å². The van der Waals surface area contributed by atoms with Crippen molar-refractivity contribution < 1.29 is 71.7 Å². The van der Waals surface area contributed by atoms with Crippen molar-refractivity contribution in [2.45, 2.75) is 24.7 Å². The second-order valence-electron chi connectivity index (χ2n) is 10.6. The molecule has 288 valence electrons. The summed E-state index contributed by atoms with van der Waals surface area (Å²) in [5.41, 5.74) is -6.87. The minimum absolute atomic E-state index is 0.0340. The van der Waals surface area contributed by atoms with Gasteiger partial charge in [-0.1, -0.05) is 60.1 Å². The summed E-state index contributed by atoms with van der Waals surface area (Å²) in [6.45, 7) is 0. The lowest BCUT2D eigenvalue weighted by Crippen LogP contribution is -2.18. The summed E-state index contributed by atoms with van der Waals surface area (Å²) in [5, 5.41) is 4.54. The zero-order chi connectivity index (χ0) is 40.6. The maximum Gasteiger partial charge on any atom is 0.419 e. The number of halogens is 12. The Labute approximate surface area is 315 Å². The number of methoxy groups -OCH3 is 2. The molecule has 0 aliphatic carbocycles. The molecule has 3 aromatic carbocycles. The molecule has 22 heteroatoms. The SMILES string of the molecule is COc1c(C(F)(F)F)cc(/C=C2\SC(=S)NC2=O)cc1C(F)(F)F.COc1ccc(/C(=C2/SC(=S)NC2=O)c2cc(C(F)(F)F)cc(C(F)(F)F)c2)cc1. The Morgan fingerprint density at radius 1 is 0.630 bits per heavy atom. The van der Waals surface area contributed by atoms with Gasteiger partial charge in [0.15, 0.2) is 0 Å². The van der Waals surface area contributed by atoms with E-state index in [-0.39, 0.29) is 35.7 Å². The lowest BCUT2D eigenvalue weighted by atomic mass is 9.93. The second kappa shape index (κ2) is 15.8. The van der Waals surface area contributed by atoms with E-state index in [2.05, 4.69) is 15.4 Å². The standard InChI is InChI=1S/C19H11F6NO2S2.C13H7F6NO2S2/c1-28-13-4-2-9(3-5-13)14(15-16(27)26-17(29)30-15)10-6-11(18(20,21)22)8-12(7-10)19(23,24)25;1-22-9-6(12(14,15)16)2-5(3-7(9)13(17,18)19)4-8-10(21)20-11(23)24-8/h2-8H,1H3,(H,26,27,29);2-4H,1H3,(H,20,21,23)/b15-14-;8-4-. The molecule has 2 heterocycles. The highest BCUT2D eigenvalue weighted by Crippen LogP contribution is 2.46. The van der Waals surface area contributed by atoms with E-state index in [1.165, 1.54) is 31.4 Å². The van der Waals surface area contributed by atoms with E-state index in [9.17, 15) is 62.3 Å². The number of carbonyl (C=O) groups is 2. The first-order chi connectivity index (χ1) is 24.8. The fourth-order valence-electron chi connectivity index (χ4n) is 4.71. The van der Waals surface area contributed by atoms with Gasteiger partial charge >= 0.3 is 24.7 Å². The maximum atomic E-state index is 13.3. The second-order valence-corrected chi connectivity index (χ2v) is 14.0. The largest absolute Gasteiger partial charge is 0.497 e. The molecule has 2 aliphatic rings. The van der Waals surface area contributed by atoms with Crippen LogP contribution < -0.4 is 20.1 Å². The molecule has 2 fully saturated rings. The topological polar surface area (TPSA) is 76.7 Å². The molecule has 0 aromatic heterocycles. The molecule has 5 rings (SSSR count). The first kappa shape index (κ1) is 42.5. The smallest absolute Gasteiger partial charge is 0.419 e. The number of hydrogen-bond acceptors (Lipinski definition) is 8. The van der Waals surface area contributed by atoms with Crippen LogP contribution in [0.2, 0.25) is 0 Å². The van der Waals surface area contributed by atoms with E-state index in [0.29, 0.717) is 30.0 Å². The zero-order valence-corrected chi connectivity index (χ0v) is 29.8. The van der Waals surface area contributed by atoms with Crippen LogP contribution in [0, 0.1) is 0 Å². The van der Waals surface area contributed by atoms with Crippen LogP contribution in [-0.2, 0) is 34.3 Å². The fourth-order valence-corrected chi connectivity index (χ4v) is 6.91. The van der Waals surface area contributed by atoms with Crippen LogP contribution in [0.3, 0.4) is 0 Å². The number of rotatable bonds is 5. The minimum Gasteiger partial charge on any atom is -0.497 e. The molecule has 2 amide bonds. The number of alkyl halides is 12. The third-order valence-corrected chi connectivity index (χ3v) is 9.36. The molecule has 0 atom stereocenters. The van der Waals surface area contributed by atoms with E-state index in [1.54, 1.807) is 0 Å². The van der Waals surface area contributed by atoms with Crippen LogP contribution in [0.15, 0.2) is 64.4 Å². The Kier molecular flexibility index (Phi) is 12.4. The van der Waals surface area contributed by atoms with Gasteiger partial charge in [0.25, 0.3) is 11.8 Å². The molecule has 0 saturated carbocycles. The van der Waals surface area contributed by atoms with Gasteiger partial charge in [0.05, 0.1) is 46.3 Å². The highest BCUT2D eigenvalue weighted by Gasteiger charge is 2.43. The minimum atomic E-state index is -5.07. The van der Waals surface area contributed by atoms with Crippen LogP contribution in [-0.4, -0.2) is 34.7 Å². The Morgan fingerprint density at radius 2 is 1.11 bits per heavy atom. The van der Waals surface area contributed by atoms with Gasteiger partial charge in [-0.2, -0.15) is 52.7 Å². The van der Waals surface area contributed by atoms with Crippen LogP contribution in [0.5, 0.6) is 11.5 Å². The number of ether oxygens (including phenoxy) is 2. The Balaban J connectivity index is 0.000000247. The maximum absolute atomic E-state index is 13.3. The number of hydrogen-bond donors (Lipinski definition) is 2. The summed E-state index contributed by atoms with van der Waals surface area (Å²) >= 11 is 11.1. The Morgan fingerprint density at radius 3 is 1.48 bits per heavy atom. The number of amides is 2. The van der Waals surface area contributed by atoms with Crippen molar-refractivity contribution >= 4 is 80.1 Å². The number of nitrogens with one attached hydrogen (secondary N) is 2. The summed E-state index contributed by atoms with van der Waals surface area (Å²) in [6.07, 6.45) is -19.3. The molecule has 54 heavy (non-hydrogen) atoms. The van der Waals surface area contributed by atoms with Crippen LogP contribution >= 0.6 is 48.0 Å². The highest BCUT2D eigenvalue weighted by molar-refractivity contribution is 8.27. The number of carbonyl (C=O) groups excluding carboxylic acids is 2. The fraction of sp³-hybridized carbons (Fsp3) is 0.188. The summed E-state index contributed by atoms with van der Waals surface area (Å²) in [4.78, 5) is 23.6. The van der Waals surface area contributed by atoms with Gasteiger partial charge in [-0.25, -0.2) is 0 Å². The molecule has 2 aliphatic heterocycles. The lowest BCUT2D eigenvalue weighted by Gasteiger charge is -2.18. The van der Waals surface area contributed by atoms with Crippen LogP contribution in [0.25, 0.3) is 11.6 Å². The summed E-state index contributed by atoms with van der Waals surface area (Å²) in [6, 6.07) is 7.98. The quantitative estimate of drug-likeness (QED) is 0.149. The van der Waals surface area contributed by atoms with Crippen LogP contribution in [0.4, 0.5) is 52.7 Å². The predicted octanol–water partition coefficient (Wildman–Crippen LogP) is 9.86. The van der Waals surface area contributed by atoms with Crippen molar-refractivity contribution in [1.29, 1.82) is 0 Å². The molecule has 0 radical (unpaired) electrons. The first-order valence-electron chi connectivity index (χ1n) is 14.2. The number of thioether (sulfide) groups is 2. The molecule has 2 saturated heterocycles. The van der Waals surface area contributed by atoms with E-state index in [0.717, 1.165) is 36.7 Å². The first-order valence-corrected chi connectivity index (χ1v) is 16.6. The normalized spacial score (nSPS) is 16.9. The average molecular weight is 851 g/mol. The van der Waals surface area contributed by atoms with Crippen LogP contribution in [0.1, 0.15) is 38.9 Å². The van der Waals surface area contributed by atoms with E-state index < -0.39 is 75.6 Å². The van der Waals surface area contributed by atoms with E-state index >= 15 is 0 Å². The molecular weight excluding hydrogens is 833 g/mol. The molecule has 0 spiro atoms. The monoisotopic (exact) mass is 850 g/mol. The Bertz CT molecular complexity index is 2000. The molecule has 0 unspecified atom stereocenters. The van der Waals surface area contributed by atoms with Gasteiger partial charge < -0.3 is 20.1 Å². The lowest BCUT2D eigenvalue weighted by molar-refractivity contribution is -0.146. The Hall–Kier alpha value is -4.28. The van der Waals surface area contributed by atoms with Crippen molar-refractivity contribution in [1.82, 2.24) is 10.6 Å². The zero-order valence-electron chi connectivity index (χ0n) is 26.6. The number of benzene rings is 3. The third kappa shape index (κ3) is 10.1. The molecule has 6 nitrogen and oxygen atoms in total. The van der Waals surface area contributed by atoms with Gasteiger partial charge in [-0.05, 0) is 65.2 Å². The van der Waals surface area contributed by atoms with Crippen molar-refractivity contribution in [2.75, 3.05) is 14.2 Å². The highest BCUT2D eigenvalue weighted by atomic mass is 32.2. The number of thiocarbonyl (C=S) groups is 2. The summed E-state index contributed by atoms with van der Waals surface area (Å²) < 4.78 is 168. The van der Waals surface area contributed by atoms with Crippen molar-refractivity contribution in [3.8, 4) is 11.5 Å². The summed E-state index contributed by atoms with van der Waals surface area (Å²) in [5.74, 6) is -2.30. The van der Waals surface area contributed by atoms with Gasteiger partial charge in [-0.3, -0.25) is 9.59 Å². The molecule has 3 aromatic rings.